The molecule has 21 heavy (non-hydrogen) atoms. The minimum Gasteiger partial charge on any atom is -0.338 e. The lowest BCUT2D eigenvalue weighted by Crippen LogP contribution is -2.44. The highest BCUT2D eigenvalue weighted by Crippen LogP contribution is 2.29. The van der Waals surface area contributed by atoms with Gasteiger partial charge in [-0.1, -0.05) is 28.8 Å². The van der Waals surface area contributed by atoms with E-state index in [1.54, 1.807) is 7.05 Å². The molecule has 2 unspecified atom stereocenters. The molecule has 1 amide bonds. The van der Waals surface area contributed by atoms with Crippen LogP contribution in [0.4, 0.5) is 10.1 Å². The average molecular weight is 359 g/mol. The molecule has 0 N–H and O–H groups in total. The van der Waals surface area contributed by atoms with Gasteiger partial charge in [0, 0.05) is 24.0 Å². The van der Waals surface area contributed by atoms with E-state index >= 15 is 0 Å². The highest BCUT2D eigenvalue weighted by Gasteiger charge is 2.30. The summed E-state index contributed by atoms with van der Waals surface area (Å²) in [6.45, 7) is 0. The number of hydrogen-bond acceptors (Lipinski definition) is 3. The zero-order valence-corrected chi connectivity index (χ0v) is 13.2. The molecule has 5 nitrogen and oxygen atoms in total. The van der Waals surface area contributed by atoms with Crippen molar-refractivity contribution in [3.8, 4) is 0 Å². The first-order valence-electron chi connectivity index (χ1n) is 6.77. The summed E-state index contributed by atoms with van der Waals surface area (Å²) < 4.78 is 13.9. The fourth-order valence-electron chi connectivity index (χ4n) is 2.63. The Morgan fingerprint density at radius 1 is 1.43 bits per heavy atom. The molecule has 2 atom stereocenters. The molecule has 0 saturated heterocycles. The molecule has 0 heterocycles. The number of carbonyl (C=O) groups is 1. The van der Waals surface area contributed by atoms with Crippen LogP contribution in [-0.4, -0.2) is 33.6 Å². The fraction of sp³-hybridized carbons (Fsp3) is 0.500. The van der Waals surface area contributed by atoms with Gasteiger partial charge >= 0.3 is 0 Å². The molecule has 1 aromatic rings. The third kappa shape index (κ3) is 3.40. The van der Waals surface area contributed by atoms with Gasteiger partial charge in [0.15, 0.2) is 0 Å². The number of hydrogen-bond donors (Lipinski definition) is 0. The molecule has 0 aromatic heterocycles. The van der Waals surface area contributed by atoms with Gasteiger partial charge in [0.1, 0.15) is 5.82 Å². The summed E-state index contributed by atoms with van der Waals surface area (Å²) in [6.07, 6.45) is 3.99. The standard InChI is InChI=1S/C14H16BrFN2O3/c1-17(13-5-3-2-4-11(13)15)14(19)10-7-6-9(18(20)21)8-12(10)16/h6-8,11,13H,2-5H2,1H3. The van der Waals surface area contributed by atoms with E-state index in [1.807, 2.05) is 0 Å². The van der Waals surface area contributed by atoms with E-state index in [0.717, 1.165) is 37.8 Å². The molecule has 0 radical (unpaired) electrons. The molecule has 1 aliphatic rings. The molecule has 1 saturated carbocycles. The van der Waals surface area contributed by atoms with Gasteiger partial charge in [-0.25, -0.2) is 4.39 Å². The summed E-state index contributed by atoms with van der Waals surface area (Å²) in [5.41, 5.74) is -0.490. The summed E-state index contributed by atoms with van der Waals surface area (Å²) in [5, 5.41) is 10.6. The minimum absolute atomic E-state index is 0.0147. The predicted octanol–water partition coefficient (Wildman–Crippen LogP) is 3.51. The van der Waals surface area contributed by atoms with Crippen molar-refractivity contribution in [3.05, 3.63) is 39.7 Å². The molecule has 0 bridgehead atoms. The maximum Gasteiger partial charge on any atom is 0.272 e. The van der Waals surface area contributed by atoms with E-state index in [1.165, 1.54) is 11.0 Å². The van der Waals surface area contributed by atoms with Crippen molar-refractivity contribution in [1.82, 2.24) is 4.90 Å². The Bertz CT molecular complexity index is 567. The first kappa shape index (κ1) is 15.9. The Balaban J connectivity index is 2.21. The van der Waals surface area contributed by atoms with Crippen molar-refractivity contribution in [3.63, 3.8) is 0 Å². The molecular formula is C14H16BrFN2O3. The predicted molar refractivity (Wildman–Crippen MR) is 80.1 cm³/mol. The fourth-order valence-corrected chi connectivity index (χ4v) is 3.58. The molecule has 114 valence electrons. The van der Waals surface area contributed by atoms with Crippen LogP contribution in [0.25, 0.3) is 0 Å². The van der Waals surface area contributed by atoms with E-state index < -0.39 is 16.6 Å². The number of amides is 1. The lowest BCUT2D eigenvalue weighted by Gasteiger charge is -2.35. The third-order valence-corrected chi connectivity index (χ3v) is 4.93. The summed E-state index contributed by atoms with van der Waals surface area (Å²) in [4.78, 5) is 24.0. The van der Waals surface area contributed by atoms with Crippen molar-refractivity contribution in [2.75, 3.05) is 7.05 Å². The topological polar surface area (TPSA) is 63.5 Å². The number of benzene rings is 1. The number of non-ortho nitro benzene ring substituents is 1. The molecule has 1 fully saturated rings. The van der Waals surface area contributed by atoms with E-state index in [4.69, 9.17) is 0 Å². The second-order valence-corrected chi connectivity index (χ2v) is 6.38. The lowest BCUT2D eigenvalue weighted by molar-refractivity contribution is -0.385. The second-order valence-electron chi connectivity index (χ2n) is 5.21. The first-order chi connectivity index (χ1) is 9.91. The zero-order valence-electron chi connectivity index (χ0n) is 11.6. The number of carbonyl (C=O) groups excluding carboxylic acids is 1. The van der Waals surface area contributed by atoms with E-state index in [0.29, 0.717) is 0 Å². The molecule has 1 aromatic carbocycles. The maximum atomic E-state index is 13.9. The van der Waals surface area contributed by atoms with Gasteiger partial charge in [0.2, 0.25) is 0 Å². The Morgan fingerprint density at radius 3 is 2.67 bits per heavy atom. The maximum absolute atomic E-state index is 13.9. The number of nitrogens with zero attached hydrogens (tertiary/aromatic N) is 2. The first-order valence-corrected chi connectivity index (χ1v) is 7.68. The zero-order chi connectivity index (χ0) is 15.6. The lowest BCUT2D eigenvalue weighted by atomic mass is 9.94. The molecule has 0 spiro atoms. The Labute approximate surface area is 130 Å². The molecular weight excluding hydrogens is 343 g/mol. The Hall–Kier alpha value is -1.50. The largest absolute Gasteiger partial charge is 0.338 e. The highest BCUT2D eigenvalue weighted by atomic mass is 79.9. The summed E-state index contributed by atoms with van der Waals surface area (Å²) >= 11 is 3.57. The highest BCUT2D eigenvalue weighted by molar-refractivity contribution is 9.09. The normalized spacial score (nSPS) is 21.9. The van der Waals surface area contributed by atoms with Crippen LogP contribution in [0.1, 0.15) is 36.0 Å². The van der Waals surface area contributed by atoms with Crippen molar-refractivity contribution >= 4 is 27.5 Å². The van der Waals surface area contributed by atoms with Crippen LogP contribution < -0.4 is 0 Å². The third-order valence-electron chi connectivity index (χ3n) is 3.86. The minimum atomic E-state index is -0.858. The van der Waals surface area contributed by atoms with Gasteiger partial charge in [-0.15, -0.1) is 0 Å². The number of halogens is 2. The van der Waals surface area contributed by atoms with Gasteiger partial charge in [0.25, 0.3) is 11.6 Å². The van der Waals surface area contributed by atoms with Crippen LogP contribution in [0.2, 0.25) is 0 Å². The van der Waals surface area contributed by atoms with E-state index in [9.17, 15) is 19.3 Å². The van der Waals surface area contributed by atoms with Gasteiger partial charge in [-0.2, -0.15) is 0 Å². The van der Waals surface area contributed by atoms with Gasteiger partial charge < -0.3 is 4.90 Å². The van der Waals surface area contributed by atoms with Crippen LogP contribution in [0.3, 0.4) is 0 Å². The van der Waals surface area contributed by atoms with Crippen LogP contribution in [0.5, 0.6) is 0 Å². The van der Waals surface area contributed by atoms with Crippen LogP contribution in [0.15, 0.2) is 18.2 Å². The Kier molecular flexibility index (Phi) is 4.92. The van der Waals surface area contributed by atoms with Crippen LogP contribution in [0, 0.1) is 15.9 Å². The van der Waals surface area contributed by atoms with Crippen molar-refractivity contribution < 1.29 is 14.1 Å². The second kappa shape index (κ2) is 6.51. The number of rotatable bonds is 3. The van der Waals surface area contributed by atoms with Gasteiger partial charge in [0.05, 0.1) is 16.6 Å². The monoisotopic (exact) mass is 358 g/mol. The SMILES string of the molecule is CN(C(=O)c1ccc([N+](=O)[O-])cc1F)C1CCCCC1Br. The molecule has 1 aliphatic carbocycles. The number of nitro benzene ring substituents is 1. The smallest absolute Gasteiger partial charge is 0.272 e. The Morgan fingerprint density at radius 2 is 2.10 bits per heavy atom. The average Bonchev–Trinajstić information content (AvgIpc) is 2.46. The van der Waals surface area contributed by atoms with Crippen molar-refractivity contribution in [2.24, 2.45) is 0 Å². The summed E-state index contributed by atoms with van der Waals surface area (Å²) in [7, 11) is 1.65. The summed E-state index contributed by atoms with van der Waals surface area (Å²) in [6, 6.07) is 3.13. The number of nitro groups is 1. The quantitative estimate of drug-likeness (QED) is 0.471. The van der Waals surface area contributed by atoms with Crippen LogP contribution >= 0.6 is 15.9 Å². The van der Waals surface area contributed by atoms with Crippen LogP contribution in [-0.2, 0) is 0 Å². The molecule has 2 rings (SSSR count). The van der Waals surface area contributed by atoms with Gasteiger partial charge in [-0.05, 0) is 18.9 Å². The van der Waals surface area contributed by atoms with E-state index in [-0.39, 0.29) is 22.1 Å². The molecule has 7 heteroatoms. The number of alkyl halides is 1. The molecule has 0 aliphatic heterocycles. The van der Waals surface area contributed by atoms with Crippen molar-refractivity contribution in [1.29, 1.82) is 0 Å². The van der Waals surface area contributed by atoms with E-state index in [2.05, 4.69) is 15.9 Å². The van der Waals surface area contributed by atoms with Gasteiger partial charge in [-0.3, -0.25) is 14.9 Å². The van der Waals surface area contributed by atoms with Crippen molar-refractivity contribution in [2.45, 2.75) is 36.6 Å². The summed E-state index contributed by atoms with van der Waals surface area (Å²) in [5.74, 6) is -1.30.